The minimum atomic E-state index is -0.951. The van der Waals surface area contributed by atoms with Crippen molar-refractivity contribution in [3.63, 3.8) is 0 Å². The van der Waals surface area contributed by atoms with Crippen LogP contribution in [0.1, 0.15) is 40.6 Å². The van der Waals surface area contributed by atoms with Crippen molar-refractivity contribution in [2.75, 3.05) is 5.32 Å². The van der Waals surface area contributed by atoms with Gasteiger partial charge in [0.05, 0.1) is 0 Å². The van der Waals surface area contributed by atoms with Crippen LogP contribution in [0.2, 0.25) is 0 Å². The Morgan fingerprint density at radius 3 is 1.91 bits per heavy atom. The highest BCUT2D eigenvalue weighted by Crippen LogP contribution is 2.53. The maximum Gasteiger partial charge on any atom is 0.244 e. The number of aromatic amines is 2. The summed E-state index contributed by atoms with van der Waals surface area (Å²) >= 11 is 0. The van der Waals surface area contributed by atoms with Gasteiger partial charge in [-0.25, -0.2) is 0 Å². The number of amides is 1. The highest BCUT2D eigenvalue weighted by Gasteiger charge is 2.53. The molecule has 0 saturated heterocycles. The first-order chi connectivity index (χ1) is 15.6. The van der Waals surface area contributed by atoms with E-state index in [9.17, 15) is 4.79 Å². The maximum absolute atomic E-state index is 14.2. The number of para-hydroxylation sites is 2. The molecule has 4 heteroatoms. The molecule has 1 amide bonds. The van der Waals surface area contributed by atoms with E-state index in [0.717, 1.165) is 62.0 Å². The molecule has 4 nitrogen and oxygen atoms in total. The van der Waals surface area contributed by atoms with Crippen LogP contribution < -0.4 is 5.32 Å². The van der Waals surface area contributed by atoms with Crippen molar-refractivity contribution < 1.29 is 4.79 Å². The van der Waals surface area contributed by atoms with Crippen molar-refractivity contribution in [2.45, 2.75) is 32.6 Å². The summed E-state index contributed by atoms with van der Waals surface area (Å²) in [4.78, 5) is 21.3. The third-order valence-corrected chi connectivity index (χ3v) is 7.02. The SMILES string of the molecule is CCc1ccc2c(c1)C(c1c(C)[nH]c3ccccc13)(c1c(C)[nH]c3ccccc13)C(=O)N2. The predicted molar refractivity (Wildman–Crippen MR) is 130 cm³/mol. The number of rotatable bonds is 3. The fourth-order valence-electron chi connectivity index (χ4n) is 5.71. The predicted octanol–water partition coefficient (Wildman–Crippen LogP) is 6.11. The molecule has 0 radical (unpaired) electrons. The van der Waals surface area contributed by atoms with Crippen LogP contribution in [-0.4, -0.2) is 15.9 Å². The van der Waals surface area contributed by atoms with E-state index in [1.807, 2.05) is 24.3 Å². The van der Waals surface area contributed by atoms with Crippen molar-refractivity contribution in [3.05, 3.63) is 100 Å². The van der Waals surface area contributed by atoms with Gasteiger partial charge < -0.3 is 15.3 Å². The number of nitrogens with one attached hydrogen (secondary N) is 3. The summed E-state index contributed by atoms with van der Waals surface area (Å²) < 4.78 is 0. The molecule has 1 aliphatic rings. The Morgan fingerprint density at radius 1 is 0.781 bits per heavy atom. The van der Waals surface area contributed by atoms with Crippen LogP contribution in [-0.2, 0) is 16.6 Å². The monoisotopic (exact) mass is 419 g/mol. The average molecular weight is 420 g/mol. The van der Waals surface area contributed by atoms with Gasteiger partial charge in [-0.15, -0.1) is 0 Å². The molecule has 0 aliphatic carbocycles. The van der Waals surface area contributed by atoms with Gasteiger partial charge in [0.25, 0.3) is 0 Å². The van der Waals surface area contributed by atoms with Crippen LogP contribution in [0.25, 0.3) is 21.8 Å². The zero-order valence-electron chi connectivity index (χ0n) is 18.5. The summed E-state index contributed by atoms with van der Waals surface area (Å²) in [5.74, 6) is 0.00135. The van der Waals surface area contributed by atoms with Crippen LogP contribution >= 0.6 is 0 Å². The second-order valence-electron chi connectivity index (χ2n) is 8.78. The number of carbonyl (C=O) groups is 1. The van der Waals surface area contributed by atoms with E-state index >= 15 is 0 Å². The fraction of sp³-hybridized carbons (Fsp3) is 0.179. The molecule has 5 aromatic rings. The largest absolute Gasteiger partial charge is 0.358 e. The van der Waals surface area contributed by atoms with Gasteiger partial charge in [0.2, 0.25) is 5.91 Å². The Bertz CT molecular complexity index is 1460. The first-order valence-electron chi connectivity index (χ1n) is 11.2. The van der Waals surface area contributed by atoms with Gasteiger partial charge in [-0.2, -0.15) is 0 Å². The molecule has 0 atom stereocenters. The lowest BCUT2D eigenvalue weighted by Gasteiger charge is -2.30. The molecule has 0 spiro atoms. The van der Waals surface area contributed by atoms with Crippen molar-refractivity contribution >= 4 is 33.4 Å². The van der Waals surface area contributed by atoms with E-state index < -0.39 is 5.41 Å². The molecular formula is C28H25N3O. The molecule has 1 aliphatic heterocycles. The minimum Gasteiger partial charge on any atom is -0.358 e. The van der Waals surface area contributed by atoms with Gasteiger partial charge >= 0.3 is 0 Å². The topological polar surface area (TPSA) is 60.7 Å². The number of aryl methyl sites for hydroxylation is 3. The molecule has 3 aromatic carbocycles. The second-order valence-corrected chi connectivity index (χ2v) is 8.78. The smallest absolute Gasteiger partial charge is 0.244 e. The number of hydrogen-bond acceptors (Lipinski definition) is 1. The van der Waals surface area contributed by atoms with Crippen molar-refractivity contribution in [1.29, 1.82) is 0 Å². The lowest BCUT2D eigenvalue weighted by Crippen LogP contribution is -2.38. The van der Waals surface area contributed by atoms with Gasteiger partial charge in [-0.05, 0) is 44.0 Å². The molecule has 0 saturated carbocycles. The number of benzene rings is 3. The standard InChI is InChI=1S/C28H25N3O/c1-4-18-13-14-24-21(15-18)28(27(32)31-24,25-16(2)29-22-11-7-5-9-19(22)25)26-17(3)30-23-12-8-6-10-20(23)26/h5-15,29-30H,4H2,1-3H3,(H,31,32). The van der Waals surface area contributed by atoms with Crippen LogP contribution in [0.4, 0.5) is 5.69 Å². The van der Waals surface area contributed by atoms with Crippen LogP contribution in [0.3, 0.4) is 0 Å². The van der Waals surface area contributed by atoms with Crippen LogP contribution in [0.15, 0.2) is 66.7 Å². The average Bonchev–Trinajstić information content (AvgIpc) is 3.41. The van der Waals surface area contributed by atoms with Crippen molar-refractivity contribution in [1.82, 2.24) is 9.97 Å². The Morgan fingerprint density at radius 2 is 1.34 bits per heavy atom. The van der Waals surface area contributed by atoms with E-state index in [1.54, 1.807) is 0 Å². The molecule has 3 heterocycles. The summed E-state index contributed by atoms with van der Waals surface area (Å²) in [5, 5.41) is 5.40. The fourth-order valence-corrected chi connectivity index (χ4v) is 5.71. The molecule has 32 heavy (non-hydrogen) atoms. The van der Waals surface area contributed by atoms with Gasteiger partial charge in [0.15, 0.2) is 0 Å². The highest BCUT2D eigenvalue weighted by molar-refractivity contribution is 6.16. The lowest BCUT2D eigenvalue weighted by molar-refractivity contribution is -0.118. The van der Waals surface area contributed by atoms with Crippen molar-refractivity contribution in [3.8, 4) is 0 Å². The third kappa shape index (κ3) is 2.29. The van der Waals surface area contributed by atoms with Crippen LogP contribution in [0.5, 0.6) is 0 Å². The molecular weight excluding hydrogens is 394 g/mol. The van der Waals surface area contributed by atoms with Crippen LogP contribution in [0, 0.1) is 13.8 Å². The Balaban J connectivity index is 1.85. The summed E-state index contributed by atoms with van der Waals surface area (Å²) in [6.45, 7) is 6.31. The number of aromatic nitrogens is 2. The summed E-state index contributed by atoms with van der Waals surface area (Å²) in [7, 11) is 0. The van der Waals surface area contributed by atoms with E-state index in [2.05, 4.69) is 78.5 Å². The Labute approximate surface area is 186 Å². The van der Waals surface area contributed by atoms with Gasteiger partial charge in [-0.3, -0.25) is 4.79 Å². The van der Waals surface area contributed by atoms with E-state index in [4.69, 9.17) is 0 Å². The summed E-state index contributed by atoms with van der Waals surface area (Å²) in [6, 6.07) is 22.9. The number of H-pyrrole nitrogens is 2. The number of carbonyl (C=O) groups excluding carboxylic acids is 1. The summed E-state index contributed by atoms with van der Waals surface area (Å²) in [6.07, 6.45) is 0.914. The molecule has 2 aromatic heterocycles. The van der Waals surface area contributed by atoms with E-state index in [-0.39, 0.29) is 5.91 Å². The quantitative estimate of drug-likeness (QED) is 0.324. The van der Waals surface area contributed by atoms with Crippen molar-refractivity contribution in [2.24, 2.45) is 0 Å². The van der Waals surface area contributed by atoms with Gasteiger partial charge in [0.1, 0.15) is 5.41 Å². The molecule has 0 fully saturated rings. The normalized spacial score (nSPS) is 14.8. The Hall–Kier alpha value is -3.79. The van der Waals surface area contributed by atoms with Gasteiger partial charge in [0, 0.05) is 55.6 Å². The maximum atomic E-state index is 14.2. The van der Waals surface area contributed by atoms with E-state index in [0.29, 0.717) is 0 Å². The molecule has 0 unspecified atom stereocenters. The molecule has 3 N–H and O–H groups in total. The second kappa shape index (κ2) is 6.60. The number of fused-ring (bicyclic) bond motifs is 3. The minimum absolute atomic E-state index is 0.00135. The number of hydrogen-bond donors (Lipinski definition) is 3. The molecule has 158 valence electrons. The third-order valence-electron chi connectivity index (χ3n) is 7.02. The van der Waals surface area contributed by atoms with Gasteiger partial charge in [-0.1, -0.05) is 55.5 Å². The molecule has 6 rings (SSSR count). The lowest BCUT2D eigenvalue weighted by atomic mass is 9.68. The molecule has 0 bridgehead atoms. The summed E-state index contributed by atoms with van der Waals surface area (Å²) in [5.41, 5.74) is 8.38. The Kier molecular flexibility index (Phi) is 3.91. The zero-order chi connectivity index (χ0) is 22.0. The number of anilines is 1. The highest BCUT2D eigenvalue weighted by atomic mass is 16.2. The first kappa shape index (κ1) is 18.9. The zero-order valence-corrected chi connectivity index (χ0v) is 18.5. The first-order valence-corrected chi connectivity index (χ1v) is 11.2. The van der Waals surface area contributed by atoms with E-state index in [1.165, 1.54) is 5.56 Å².